The summed E-state index contributed by atoms with van der Waals surface area (Å²) < 4.78 is 14.7. The predicted molar refractivity (Wildman–Crippen MR) is 145 cm³/mol. The topological polar surface area (TPSA) is 89.2 Å². The van der Waals surface area contributed by atoms with Gasteiger partial charge in [0.15, 0.2) is 0 Å². The average Bonchev–Trinajstić information content (AvgIpc) is 3.30. The lowest BCUT2D eigenvalue weighted by Gasteiger charge is -2.30. The Morgan fingerprint density at radius 1 is 1.14 bits per heavy atom. The lowest BCUT2D eigenvalue weighted by Crippen LogP contribution is -2.49. The Morgan fingerprint density at radius 3 is 2.62 bits per heavy atom. The maximum Gasteiger partial charge on any atom is 0.318 e. The minimum atomic E-state index is -0.265. The van der Waals surface area contributed by atoms with Gasteiger partial charge in [0.2, 0.25) is 0 Å². The third kappa shape index (κ3) is 5.77. The van der Waals surface area contributed by atoms with Crippen LogP contribution < -0.4 is 10.6 Å². The number of halogens is 1. The van der Waals surface area contributed by atoms with Crippen LogP contribution in [-0.4, -0.2) is 69.5 Å². The smallest absolute Gasteiger partial charge is 0.318 e. The van der Waals surface area contributed by atoms with Gasteiger partial charge >= 0.3 is 6.03 Å². The molecule has 1 fully saturated rings. The fourth-order valence-electron chi connectivity index (χ4n) is 5.10. The fourth-order valence-corrected chi connectivity index (χ4v) is 5.10. The normalized spacial score (nSPS) is 17.6. The van der Waals surface area contributed by atoms with Crippen molar-refractivity contribution in [2.24, 2.45) is 0 Å². The first kappa shape index (κ1) is 25.2. The SMILES string of the molecule is CN1CCC(c2cc(Nc3ncnc4[nH]c(C5=CCN(C(=O)NC(C)(C)C)CC5)cc34)ccc2F)CC1. The third-order valence-corrected chi connectivity index (χ3v) is 7.17. The van der Waals surface area contributed by atoms with Crippen molar-refractivity contribution in [3.63, 3.8) is 0 Å². The molecule has 0 radical (unpaired) electrons. The molecule has 2 aliphatic rings. The lowest BCUT2D eigenvalue weighted by atomic mass is 9.89. The number of fused-ring (bicyclic) bond motifs is 1. The van der Waals surface area contributed by atoms with E-state index in [1.807, 2.05) is 31.7 Å². The highest BCUT2D eigenvalue weighted by Crippen LogP contribution is 2.33. The van der Waals surface area contributed by atoms with Crippen molar-refractivity contribution in [2.45, 2.75) is 51.5 Å². The van der Waals surface area contributed by atoms with Crippen LogP contribution in [-0.2, 0) is 0 Å². The molecule has 4 heterocycles. The van der Waals surface area contributed by atoms with Crippen molar-refractivity contribution in [3.8, 4) is 0 Å². The highest BCUT2D eigenvalue weighted by atomic mass is 19.1. The van der Waals surface area contributed by atoms with E-state index < -0.39 is 0 Å². The number of carbonyl (C=O) groups is 1. The number of urea groups is 1. The van der Waals surface area contributed by atoms with Crippen LogP contribution in [0.1, 0.15) is 57.2 Å². The number of rotatable bonds is 4. The van der Waals surface area contributed by atoms with Gasteiger partial charge in [0.1, 0.15) is 23.6 Å². The van der Waals surface area contributed by atoms with Gasteiger partial charge in [-0.15, -0.1) is 0 Å². The van der Waals surface area contributed by atoms with Gasteiger partial charge in [-0.1, -0.05) is 6.08 Å². The Labute approximate surface area is 217 Å². The summed E-state index contributed by atoms with van der Waals surface area (Å²) in [5.41, 5.74) is 4.18. The Hall–Kier alpha value is -3.46. The molecule has 2 aliphatic heterocycles. The van der Waals surface area contributed by atoms with Crippen molar-refractivity contribution in [3.05, 3.63) is 53.7 Å². The van der Waals surface area contributed by atoms with Gasteiger partial charge in [0.25, 0.3) is 0 Å². The molecule has 0 unspecified atom stereocenters. The van der Waals surface area contributed by atoms with Crippen molar-refractivity contribution in [1.29, 1.82) is 0 Å². The molecule has 2 amide bonds. The molecule has 37 heavy (non-hydrogen) atoms. The molecule has 3 N–H and O–H groups in total. The van der Waals surface area contributed by atoms with Crippen molar-refractivity contribution in [2.75, 3.05) is 38.5 Å². The number of benzene rings is 1. The van der Waals surface area contributed by atoms with Crippen LogP contribution >= 0.6 is 0 Å². The van der Waals surface area contributed by atoms with Crippen molar-refractivity contribution in [1.82, 2.24) is 30.1 Å². The number of nitrogens with one attached hydrogen (secondary N) is 3. The Morgan fingerprint density at radius 2 is 1.92 bits per heavy atom. The van der Waals surface area contributed by atoms with E-state index in [-0.39, 0.29) is 23.3 Å². The molecule has 0 spiro atoms. The van der Waals surface area contributed by atoms with E-state index in [0.29, 0.717) is 18.9 Å². The van der Waals surface area contributed by atoms with Crippen LogP contribution in [0, 0.1) is 5.82 Å². The Bertz CT molecular complexity index is 1320. The highest BCUT2D eigenvalue weighted by Gasteiger charge is 2.24. The number of anilines is 2. The molecule has 2 aromatic heterocycles. The number of piperidine rings is 1. The van der Waals surface area contributed by atoms with Gasteiger partial charge < -0.3 is 25.4 Å². The summed E-state index contributed by atoms with van der Waals surface area (Å²) in [5, 5.41) is 7.29. The molecule has 0 bridgehead atoms. The summed E-state index contributed by atoms with van der Waals surface area (Å²) in [7, 11) is 2.11. The Balaban J connectivity index is 1.34. The Kier molecular flexibility index (Phi) is 6.90. The molecule has 196 valence electrons. The first-order chi connectivity index (χ1) is 17.7. The number of likely N-dealkylation sites (tertiary alicyclic amines) is 1. The standard InChI is InChI=1S/C28H36FN7O/c1-28(2,3)34-27(37)36-13-9-19(10-14-36)24-16-22-25(30-17-31-26(22)33-24)32-20-5-6-23(29)21(15-20)18-7-11-35(4)12-8-18/h5-6,9,15-18H,7-8,10-14H2,1-4H3,(H,34,37)(H2,30,31,32,33). The molecule has 1 saturated heterocycles. The fraction of sp³-hybridized carbons (Fsp3) is 0.464. The molecule has 5 rings (SSSR count). The average molecular weight is 506 g/mol. The van der Waals surface area contributed by atoms with Crippen LogP contribution in [0.4, 0.5) is 20.7 Å². The van der Waals surface area contributed by atoms with Crippen LogP contribution in [0.25, 0.3) is 16.6 Å². The number of carbonyl (C=O) groups excluding carboxylic acids is 1. The predicted octanol–water partition coefficient (Wildman–Crippen LogP) is 5.25. The van der Waals surface area contributed by atoms with Crippen LogP contribution in [0.2, 0.25) is 0 Å². The molecule has 0 saturated carbocycles. The molecular formula is C28H36FN7O. The van der Waals surface area contributed by atoms with Crippen LogP contribution in [0.5, 0.6) is 0 Å². The van der Waals surface area contributed by atoms with Crippen LogP contribution in [0.15, 0.2) is 36.7 Å². The lowest BCUT2D eigenvalue weighted by molar-refractivity contribution is 0.193. The summed E-state index contributed by atoms with van der Waals surface area (Å²) in [6.07, 6.45) is 6.28. The first-order valence-corrected chi connectivity index (χ1v) is 13.0. The largest absolute Gasteiger partial charge is 0.340 e. The number of hydrogen-bond acceptors (Lipinski definition) is 5. The summed E-state index contributed by atoms with van der Waals surface area (Å²) in [6.45, 7) is 9.11. The van der Waals surface area contributed by atoms with E-state index in [1.54, 1.807) is 12.1 Å². The number of aromatic nitrogens is 3. The monoisotopic (exact) mass is 505 g/mol. The van der Waals surface area contributed by atoms with Gasteiger partial charge in [-0.25, -0.2) is 19.2 Å². The minimum absolute atomic E-state index is 0.0456. The second kappa shape index (κ2) is 10.1. The minimum Gasteiger partial charge on any atom is -0.340 e. The zero-order chi connectivity index (χ0) is 26.2. The quantitative estimate of drug-likeness (QED) is 0.451. The molecule has 0 aliphatic carbocycles. The number of hydrogen-bond donors (Lipinski definition) is 3. The number of amides is 2. The van der Waals surface area contributed by atoms with E-state index in [2.05, 4.69) is 49.7 Å². The molecule has 1 aromatic carbocycles. The number of H-pyrrole nitrogens is 1. The maximum absolute atomic E-state index is 14.7. The molecule has 9 heteroatoms. The van der Waals surface area contributed by atoms with E-state index in [4.69, 9.17) is 0 Å². The molecular weight excluding hydrogens is 469 g/mol. The van der Waals surface area contributed by atoms with Gasteiger partial charge in [-0.05, 0) is 101 Å². The van der Waals surface area contributed by atoms with Crippen LogP contribution in [0.3, 0.4) is 0 Å². The zero-order valence-corrected chi connectivity index (χ0v) is 22.1. The zero-order valence-electron chi connectivity index (χ0n) is 22.1. The first-order valence-electron chi connectivity index (χ1n) is 13.0. The van der Waals surface area contributed by atoms with Gasteiger partial charge in [0, 0.05) is 30.0 Å². The van der Waals surface area contributed by atoms with Gasteiger partial charge in [-0.3, -0.25) is 0 Å². The number of nitrogens with zero attached hydrogens (tertiary/aromatic N) is 4. The summed E-state index contributed by atoms with van der Waals surface area (Å²) >= 11 is 0. The summed E-state index contributed by atoms with van der Waals surface area (Å²) in [4.78, 5) is 28.9. The molecule has 3 aromatic rings. The molecule has 8 nitrogen and oxygen atoms in total. The van der Waals surface area contributed by atoms with Gasteiger partial charge in [-0.2, -0.15) is 0 Å². The summed E-state index contributed by atoms with van der Waals surface area (Å²) in [6, 6.07) is 7.24. The third-order valence-electron chi connectivity index (χ3n) is 7.17. The van der Waals surface area contributed by atoms with Crippen molar-refractivity contribution >= 4 is 34.1 Å². The second-order valence-corrected chi connectivity index (χ2v) is 11.2. The van der Waals surface area contributed by atoms with Gasteiger partial charge in [0.05, 0.1) is 5.39 Å². The maximum atomic E-state index is 14.7. The molecule has 0 atom stereocenters. The van der Waals surface area contributed by atoms with E-state index in [9.17, 15) is 9.18 Å². The van der Waals surface area contributed by atoms with E-state index >= 15 is 0 Å². The van der Waals surface area contributed by atoms with E-state index in [0.717, 1.165) is 65.9 Å². The summed E-state index contributed by atoms with van der Waals surface area (Å²) in [5.74, 6) is 0.757. The van der Waals surface area contributed by atoms with Crippen molar-refractivity contribution < 1.29 is 9.18 Å². The number of aromatic amines is 1. The highest BCUT2D eigenvalue weighted by molar-refractivity contribution is 5.92. The second-order valence-electron chi connectivity index (χ2n) is 11.2. The van der Waals surface area contributed by atoms with E-state index in [1.165, 1.54) is 6.33 Å².